The average molecular weight is 315 g/mol. The summed E-state index contributed by atoms with van der Waals surface area (Å²) < 4.78 is 0. The minimum atomic E-state index is -0.648. The van der Waals surface area contributed by atoms with Gasteiger partial charge in [-0.15, -0.1) is 0 Å². The van der Waals surface area contributed by atoms with E-state index >= 15 is 0 Å². The van der Waals surface area contributed by atoms with Gasteiger partial charge in [0.1, 0.15) is 0 Å². The Morgan fingerprint density at radius 3 is 1.81 bits per heavy atom. The summed E-state index contributed by atoms with van der Waals surface area (Å²) in [5.74, 6) is -0.648. The molecular weight excluding hydrogens is 280 g/mol. The SMILES string of the molecule is CCCCCCCCCCC[C@H]1S[C@H]1CCCCC(=O)O. The molecule has 1 fully saturated rings. The van der Waals surface area contributed by atoms with Crippen LogP contribution in [0.1, 0.15) is 96.8 Å². The summed E-state index contributed by atoms with van der Waals surface area (Å²) in [4.78, 5) is 10.4. The molecule has 1 saturated heterocycles. The topological polar surface area (TPSA) is 37.3 Å². The van der Waals surface area contributed by atoms with E-state index < -0.39 is 5.97 Å². The molecule has 21 heavy (non-hydrogen) atoms. The Morgan fingerprint density at radius 1 is 0.810 bits per heavy atom. The van der Waals surface area contributed by atoms with Crippen LogP contribution in [0.15, 0.2) is 0 Å². The fourth-order valence-corrected chi connectivity index (χ4v) is 4.20. The zero-order valence-corrected chi connectivity index (χ0v) is 14.6. The van der Waals surface area contributed by atoms with Gasteiger partial charge in [-0.3, -0.25) is 4.79 Å². The van der Waals surface area contributed by atoms with Crippen molar-refractivity contribution in [3.8, 4) is 0 Å². The van der Waals surface area contributed by atoms with Crippen molar-refractivity contribution in [1.82, 2.24) is 0 Å². The number of rotatable bonds is 15. The van der Waals surface area contributed by atoms with E-state index in [1.165, 1.54) is 70.6 Å². The molecule has 3 heteroatoms. The van der Waals surface area contributed by atoms with E-state index in [0.29, 0.717) is 6.42 Å². The predicted octanol–water partition coefficient (Wildman–Crippen LogP) is 6.04. The second-order valence-electron chi connectivity index (χ2n) is 6.47. The van der Waals surface area contributed by atoms with Gasteiger partial charge in [-0.2, -0.15) is 11.8 Å². The van der Waals surface area contributed by atoms with Gasteiger partial charge in [-0.25, -0.2) is 0 Å². The van der Waals surface area contributed by atoms with Crippen molar-refractivity contribution >= 4 is 17.7 Å². The zero-order chi connectivity index (χ0) is 15.3. The van der Waals surface area contributed by atoms with Gasteiger partial charge < -0.3 is 5.11 Å². The standard InChI is InChI=1S/C18H34O2S/c1-2-3-4-5-6-7-8-9-10-13-16-17(21-16)14-11-12-15-18(19)20/h16-17H,2-15H2,1H3,(H,19,20)/t16-,17+/m1/s1. The van der Waals surface area contributed by atoms with Crippen molar-refractivity contribution in [3.05, 3.63) is 0 Å². The second kappa shape index (κ2) is 12.4. The lowest BCUT2D eigenvalue weighted by Crippen LogP contribution is -1.97. The molecule has 1 aliphatic heterocycles. The number of carboxylic acids is 1. The predicted molar refractivity (Wildman–Crippen MR) is 93.1 cm³/mol. The number of carboxylic acid groups (broad SMARTS) is 1. The largest absolute Gasteiger partial charge is 0.481 e. The quantitative estimate of drug-likeness (QED) is 0.296. The van der Waals surface area contributed by atoms with Crippen LogP contribution in [-0.4, -0.2) is 21.6 Å². The maximum atomic E-state index is 10.4. The third-order valence-electron chi connectivity index (χ3n) is 4.41. The zero-order valence-electron chi connectivity index (χ0n) is 13.8. The van der Waals surface area contributed by atoms with Gasteiger partial charge in [0.05, 0.1) is 0 Å². The van der Waals surface area contributed by atoms with Crippen LogP contribution in [0.3, 0.4) is 0 Å². The van der Waals surface area contributed by atoms with Crippen molar-refractivity contribution in [2.75, 3.05) is 0 Å². The summed E-state index contributed by atoms with van der Waals surface area (Å²) in [6.45, 7) is 2.27. The normalized spacial score (nSPS) is 20.6. The van der Waals surface area contributed by atoms with Gasteiger partial charge >= 0.3 is 5.97 Å². The monoisotopic (exact) mass is 314 g/mol. The molecule has 0 radical (unpaired) electrons. The Labute approximate surface area is 135 Å². The first-order chi connectivity index (χ1) is 10.2. The van der Waals surface area contributed by atoms with Gasteiger partial charge in [0.2, 0.25) is 0 Å². The van der Waals surface area contributed by atoms with Crippen LogP contribution in [0, 0.1) is 0 Å². The van der Waals surface area contributed by atoms with E-state index in [2.05, 4.69) is 18.7 Å². The fraction of sp³-hybridized carbons (Fsp3) is 0.944. The highest BCUT2D eigenvalue weighted by Crippen LogP contribution is 2.47. The van der Waals surface area contributed by atoms with Crippen LogP contribution in [0.25, 0.3) is 0 Å². The maximum absolute atomic E-state index is 10.4. The van der Waals surface area contributed by atoms with E-state index in [9.17, 15) is 4.79 Å². The van der Waals surface area contributed by atoms with Crippen molar-refractivity contribution in [1.29, 1.82) is 0 Å². The van der Waals surface area contributed by atoms with Gasteiger partial charge in [0.25, 0.3) is 0 Å². The number of unbranched alkanes of at least 4 members (excludes halogenated alkanes) is 9. The van der Waals surface area contributed by atoms with Gasteiger partial charge in [0.15, 0.2) is 0 Å². The number of thioether (sulfide) groups is 1. The maximum Gasteiger partial charge on any atom is 0.303 e. The highest BCUT2D eigenvalue weighted by molar-refractivity contribution is 8.07. The minimum absolute atomic E-state index is 0.348. The summed E-state index contributed by atoms with van der Waals surface area (Å²) in [6, 6.07) is 0. The van der Waals surface area contributed by atoms with Gasteiger partial charge in [0, 0.05) is 16.9 Å². The summed E-state index contributed by atoms with van der Waals surface area (Å²) in [6.07, 6.45) is 17.7. The Bertz CT molecular complexity index is 268. The van der Waals surface area contributed by atoms with Crippen LogP contribution >= 0.6 is 11.8 Å². The minimum Gasteiger partial charge on any atom is -0.481 e. The number of hydrogen-bond donors (Lipinski definition) is 1. The first-order valence-corrected chi connectivity index (χ1v) is 10.1. The third kappa shape index (κ3) is 11.1. The lowest BCUT2D eigenvalue weighted by atomic mass is 10.0. The van der Waals surface area contributed by atoms with Crippen molar-refractivity contribution in [2.45, 2.75) is 107 Å². The molecule has 2 nitrogen and oxygen atoms in total. The first-order valence-electron chi connectivity index (χ1n) is 9.11. The van der Waals surface area contributed by atoms with Crippen LogP contribution in [-0.2, 0) is 4.79 Å². The number of carbonyl (C=O) groups is 1. The molecule has 1 rings (SSSR count). The average Bonchev–Trinajstić information content (AvgIpc) is 3.20. The van der Waals surface area contributed by atoms with E-state index in [-0.39, 0.29) is 0 Å². The van der Waals surface area contributed by atoms with Crippen LogP contribution in [0.5, 0.6) is 0 Å². The first kappa shape index (κ1) is 18.9. The molecule has 124 valence electrons. The number of aliphatic carboxylic acids is 1. The van der Waals surface area contributed by atoms with Crippen molar-refractivity contribution in [2.24, 2.45) is 0 Å². The molecule has 0 bridgehead atoms. The lowest BCUT2D eigenvalue weighted by Gasteiger charge is -2.02. The highest BCUT2D eigenvalue weighted by atomic mass is 32.2. The van der Waals surface area contributed by atoms with Crippen LogP contribution < -0.4 is 0 Å². The molecule has 0 spiro atoms. The molecule has 0 aromatic rings. The van der Waals surface area contributed by atoms with Crippen LogP contribution in [0.4, 0.5) is 0 Å². The summed E-state index contributed by atoms with van der Waals surface area (Å²) in [7, 11) is 0. The molecule has 0 aromatic heterocycles. The second-order valence-corrected chi connectivity index (χ2v) is 7.95. The fourth-order valence-electron chi connectivity index (χ4n) is 2.96. The lowest BCUT2D eigenvalue weighted by molar-refractivity contribution is -0.137. The number of hydrogen-bond acceptors (Lipinski definition) is 2. The van der Waals surface area contributed by atoms with Gasteiger partial charge in [-0.1, -0.05) is 71.1 Å². The molecule has 1 N–H and O–H groups in total. The molecule has 0 amide bonds. The molecule has 2 atom stereocenters. The smallest absolute Gasteiger partial charge is 0.303 e. The molecule has 0 saturated carbocycles. The van der Waals surface area contributed by atoms with Crippen molar-refractivity contribution in [3.63, 3.8) is 0 Å². The Hall–Kier alpha value is -0.180. The third-order valence-corrected chi connectivity index (χ3v) is 5.92. The van der Waals surface area contributed by atoms with E-state index in [1.807, 2.05) is 0 Å². The van der Waals surface area contributed by atoms with Gasteiger partial charge in [-0.05, 0) is 19.3 Å². The van der Waals surface area contributed by atoms with Crippen LogP contribution in [0.2, 0.25) is 0 Å². The summed E-state index contributed by atoms with van der Waals surface area (Å²) >= 11 is 2.13. The van der Waals surface area contributed by atoms with E-state index in [1.54, 1.807) is 0 Å². The molecule has 0 unspecified atom stereocenters. The van der Waals surface area contributed by atoms with Crippen molar-refractivity contribution < 1.29 is 9.90 Å². The molecule has 1 aliphatic rings. The van der Waals surface area contributed by atoms with E-state index in [4.69, 9.17) is 5.11 Å². The Morgan fingerprint density at radius 2 is 1.29 bits per heavy atom. The highest BCUT2D eigenvalue weighted by Gasteiger charge is 2.36. The Kier molecular flexibility index (Phi) is 11.1. The van der Waals surface area contributed by atoms with E-state index in [0.717, 1.165) is 23.3 Å². The molecular formula is C18H34O2S. The molecule has 0 aliphatic carbocycles. The molecule has 0 aromatic carbocycles. The summed E-state index contributed by atoms with van der Waals surface area (Å²) in [5.41, 5.74) is 0. The Balaban J connectivity index is 1.76. The molecule has 1 heterocycles. The summed E-state index contributed by atoms with van der Waals surface area (Å²) in [5, 5.41) is 10.3.